The molecule has 0 unspecified atom stereocenters. The van der Waals surface area contributed by atoms with Crippen molar-refractivity contribution in [1.29, 1.82) is 0 Å². The smallest absolute Gasteiger partial charge is 0.339 e. The molecule has 0 fully saturated rings. The molecule has 0 bridgehead atoms. The van der Waals surface area contributed by atoms with Gasteiger partial charge in [0.25, 0.3) is 0 Å². The van der Waals surface area contributed by atoms with E-state index in [9.17, 15) is 9.59 Å². The molecular formula is C20H25N3O3S. The van der Waals surface area contributed by atoms with Crippen molar-refractivity contribution in [2.24, 2.45) is 0 Å². The summed E-state index contributed by atoms with van der Waals surface area (Å²) in [6.45, 7) is 10.8. The van der Waals surface area contributed by atoms with E-state index in [1.807, 2.05) is 25.7 Å². The predicted molar refractivity (Wildman–Crippen MR) is 106 cm³/mol. The second kappa shape index (κ2) is 6.71. The van der Waals surface area contributed by atoms with Gasteiger partial charge in [-0.3, -0.25) is 4.79 Å². The SMILES string of the molecule is CCN(c1ccc(C(=O)OC)cn1)c1nc2c(s1)C(C)(C)CC(=O)C2(C)C. The van der Waals surface area contributed by atoms with Gasteiger partial charge in [-0.2, -0.15) is 0 Å². The van der Waals surface area contributed by atoms with Crippen molar-refractivity contribution in [3.63, 3.8) is 0 Å². The maximum absolute atomic E-state index is 12.6. The Balaban J connectivity index is 2.03. The molecule has 0 atom stereocenters. The molecule has 1 aliphatic rings. The summed E-state index contributed by atoms with van der Waals surface area (Å²) >= 11 is 1.62. The quantitative estimate of drug-likeness (QED) is 0.738. The van der Waals surface area contributed by atoms with E-state index in [4.69, 9.17) is 9.72 Å². The first-order chi connectivity index (χ1) is 12.6. The highest BCUT2D eigenvalue weighted by atomic mass is 32.1. The van der Waals surface area contributed by atoms with Crippen LogP contribution in [0.2, 0.25) is 0 Å². The third-order valence-corrected chi connectivity index (χ3v) is 6.56. The number of methoxy groups -OCH3 is 1. The van der Waals surface area contributed by atoms with Crippen LogP contribution in [0.25, 0.3) is 0 Å². The summed E-state index contributed by atoms with van der Waals surface area (Å²) in [4.78, 5) is 36.7. The lowest BCUT2D eigenvalue weighted by atomic mass is 9.68. The Morgan fingerprint density at radius 2 is 2.00 bits per heavy atom. The van der Waals surface area contributed by atoms with Gasteiger partial charge in [-0.15, -0.1) is 11.3 Å². The molecule has 6 nitrogen and oxygen atoms in total. The van der Waals surface area contributed by atoms with E-state index in [0.29, 0.717) is 24.3 Å². The van der Waals surface area contributed by atoms with E-state index >= 15 is 0 Å². The molecule has 0 aromatic carbocycles. The average Bonchev–Trinajstić information content (AvgIpc) is 3.08. The minimum Gasteiger partial charge on any atom is -0.465 e. The van der Waals surface area contributed by atoms with Gasteiger partial charge in [0.1, 0.15) is 11.6 Å². The number of ether oxygens (including phenoxy) is 1. The zero-order valence-corrected chi connectivity index (χ0v) is 17.4. The van der Waals surface area contributed by atoms with E-state index < -0.39 is 11.4 Å². The van der Waals surface area contributed by atoms with Crippen LogP contribution in [0, 0.1) is 0 Å². The molecule has 0 radical (unpaired) electrons. The Morgan fingerprint density at radius 1 is 1.30 bits per heavy atom. The summed E-state index contributed by atoms with van der Waals surface area (Å²) in [7, 11) is 1.35. The van der Waals surface area contributed by atoms with Crippen molar-refractivity contribution in [1.82, 2.24) is 9.97 Å². The van der Waals surface area contributed by atoms with Gasteiger partial charge in [-0.05, 0) is 32.9 Å². The number of carbonyl (C=O) groups is 2. The maximum Gasteiger partial charge on any atom is 0.339 e. The molecular weight excluding hydrogens is 362 g/mol. The number of hydrogen-bond donors (Lipinski definition) is 0. The van der Waals surface area contributed by atoms with Gasteiger partial charge in [-0.25, -0.2) is 14.8 Å². The lowest BCUT2D eigenvalue weighted by molar-refractivity contribution is -0.125. The number of rotatable bonds is 4. The molecule has 0 amide bonds. The van der Waals surface area contributed by atoms with Crippen LogP contribution in [-0.2, 0) is 20.4 Å². The third-order valence-electron chi connectivity index (χ3n) is 5.11. The third kappa shape index (κ3) is 3.25. The predicted octanol–water partition coefficient (Wildman–Crippen LogP) is 4.01. The van der Waals surface area contributed by atoms with E-state index in [0.717, 1.165) is 15.7 Å². The number of nitrogens with zero attached hydrogens (tertiary/aromatic N) is 3. The molecule has 7 heteroatoms. The number of carbonyl (C=O) groups excluding carboxylic acids is 2. The molecule has 0 spiro atoms. The highest BCUT2D eigenvalue weighted by Crippen LogP contribution is 2.48. The van der Waals surface area contributed by atoms with E-state index in [1.54, 1.807) is 23.5 Å². The minimum absolute atomic E-state index is 0.223. The van der Waals surface area contributed by atoms with Crippen molar-refractivity contribution in [2.45, 2.75) is 51.9 Å². The minimum atomic E-state index is -0.582. The fraction of sp³-hybridized carbons (Fsp3) is 0.500. The van der Waals surface area contributed by atoms with E-state index in [-0.39, 0.29) is 11.2 Å². The Labute approximate surface area is 163 Å². The van der Waals surface area contributed by atoms with Crippen molar-refractivity contribution in [3.05, 3.63) is 34.5 Å². The number of pyridine rings is 1. The summed E-state index contributed by atoms with van der Waals surface area (Å²) in [5.74, 6) is 0.516. The molecule has 144 valence electrons. The molecule has 1 aliphatic carbocycles. The Hall–Kier alpha value is -2.28. The van der Waals surface area contributed by atoms with Crippen LogP contribution < -0.4 is 4.90 Å². The standard InChI is InChI=1S/C20H25N3O3S/c1-7-23(14-9-8-12(11-21-14)17(25)26-6)18-22-15-16(27-18)19(2,3)10-13(24)20(15,4)5/h8-9,11H,7,10H2,1-6H3. The summed E-state index contributed by atoms with van der Waals surface area (Å²) in [6.07, 6.45) is 2.03. The lowest BCUT2D eigenvalue weighted by Crippen LogP contribution is -2.41. The van der Waals surface area contributed by atoms with E-state index in [2.05, 4.69) is 18.8 Å². The molecule has 2 aromatic rings. The van der Waals surface area contributed by atoms with Gasteiger partial charge < -0.3 is 9.64 Å². The Bertz CT molecular complexity index is 884. The molecule has 0 N–H and O–H groups in total. The maximum atomic E-state index is 12.6. The fourth-order valence-electron chi connectivity index (χ4n) is 3.32. The number of aromatic nitrogens is 2. The van der Waals surface area contributed by atoms with E-state index in [1.165, 1.54) is 13.3 Å². The van der Waals surface area contributed by atoms with Crippen LogP contribution in [0.15, 0.2) is 18.3 Å². The summed E-state index contributed by atoms with van der Waals surface area (Å²) in [5, 5.41) is 0.816. The summed E-state index contributed by atoms with van der Waals surface area (Å²) in [6, 6.07) is 3.49. The van der Waals surface area contributed by atoms with Crippen molar-refractivity contribution in [2.75, 3.05) is 18.6 Å². The molecule has 0 aliphatic heterocycles. The van der Waals surface area contributed by atoms with Crippen LogP contribution in [0.3, 0.4) is 0 Å². The molecule has 27 heavy (non-hydrogen) atoms. The van der Waals surface area contributed by atoms with Crippen LogP contribution in [-0.4, -0.2) is 35.4 Å². The number of hydrogen-bond acceptors (Lipinski definition) is 7. The number of ketones is 1. The second-order valence-electron chi connectivity index (χ2n) is 7.92. The van der Waals surface area contributed by atoms with Gasteiger partial charge >= 0.3 is 5.97 Å². The van der Waals surface area contributed by atoms with Gasteiger partial charge in [-0.1, -0.05) is 13.8 Å². The molecule has 0 saturated heterocycles. The van der Waals surface area contributed by atoms with Crippen LogP contribution in [0.4, 0.5) is 10.9 Å². The van der Waals surface area contributed by atoms with Gasteiger partial charge in [0, 0.05) is 29.5 Å². The number of esters is 1. The topological polar surface area (TPSA) is 72.4 Å². The summed E-state index contributed by atoms with van der Waals surface area (Å²) < 4.78 is 4.72. The van der Waals surface area contributed by atoms with Crippen molar-refractivity contribution >= 4 is 34.0 Å². The average molecular weight is 388 g/mol. The van der Waals surface area contributed by atoms with Gasteiger partial charge in [0.15, 0.2) is 5.13 Å². The van der Waals surface area contributed by atoms with Crippen LogP contribution in [0.1, 0.15) is 62.0 Å². The Morgan fingerprint density at radius 3 is 2.56 bits per heavy atom. The highest BCUT2D eigenvalue weighted by molar-refractivity contribution is 7.16. The number of thiazole rings is 1. The van der Waals surface area contributed by atoms with Crippen LogP contribution >= 0.6 is 11.3 Å². The number of fused-ring (bicyclic) bond motifs is 1. The highest BCUT2D eigenvalue weighted by Gasteiger charge is 2.46. The van der Waals surface area contributed by atoms with Gasteiger partial charge in [0.05, 0.1) is 23.8 Å². The first-order valence-electron chi connectivity index (χ1n) is 8.98. The monoisotopic (exact) mass is 387 g/mol. The Kier molecular flexibility index (Phi) is 4.84. The normalized spacial score (nSPS) is 17.3. The van der Waals surface area contributed by atoms with Crippen LogP contribution in [0.5, 0.6) is 0 Å². The molecule has 0 saturated carbocycles. The second-order valence-corrected chi connectivity index (χ2v) is 8.90. The van der Waals surface area contributed by atoms with Crippen molar-refractivity contribution < 1.29 is 14.3 Å². The fourth-order valence-corrected chi connectivity index (χ4v) is 4.72. The largest absolute Gasteiger partial charge is 0.465 e. The number of anilines is 2. The zero-order valence-electron chi connectivity index (χ0n) is 16.6. The molecule has 2 heterocycles. The first kappa shape index (κ1) is 19.5. The lowest BCUT2D eigenvalue weighted by Gasteiger charge is -2.36. The number of Topliss-reactive ketones (excluding diaryl/α,β-unsaturated/α-hetero) is 1. The first-order valence-corrected chi connectivity index (χ1v) is 9.80. The molecule has 2 aromatic heterocycles. The summed E-state index contributed by atoms with van der Waals surface area (Å²) in [5.41, 5.74) is 0.470. The zero-order chi connectivity index (χ0) is 20.0. The molecule has 3 rings (SSSR count). The van der Waals surface area contributed by atoms with Gasteiger partial charge in [0.2, 0.25) is 0 Å². The van der Waals surface area contributed by atoms with Crippen molar-refractivity contribution in [3.8, 4) is 0 Å².